The van der Waals surface area contributed by atoms with Crippen LogP contribution in [0.3, 0.4) is 0 Å². The fourth-order valence-corrected chi connectivity index (χ4v) is 4.47. The maximum absolute atomic E-state index is 12.8. The van der Waals surface area contributed by atoms with E-state index in [9.17, 15) is 15.0 Å². The number of phenols is 2. The molecule has 0 spiro atoms. The number of benzene rings is 2. The van der Waals surface area contributed by atoms with Gasteiger partial charge < -0.3 is 15.5 Å². The molecule has 0 radical (unpaired) electrons. The van der Waals surface area contributed by atoms with Crippen LogP contribution in [0.5, 0.6) is 11.5 Å². The fourth-order valence-electron chi connectivity index (χ4n) is 4.47. The first-order chi connectivity index (χ1) is 12.6. The third kappa shape index (κ3) is 3.15. The van der Waals surface area contributed by atoms with Crippen LogP contribution in [-0.2, 0) is 11.3 Å². The number of amides is 1. The zero-order chi connectivity index (χ0) is 18.1. The highest BCUT2D eigenvalue weighted by Gasteiger charge is 2.46. The second-order valence-corrected chi connectivity index (χ2v) is 7.25. The molecule has 1 amide bonds. The summed E-state index contributed by atoms with van der Waals surface area (Å²) in [4.78, 5) is 15.3. The first kappa shape index (κ1) is 16.9. The quantitative estimate of drug-likeness (QED) is 0.791. The van der Waals surface area contributed by atoms with Gasteiger partial charge in [-0.05, 0) is 43.5 Å². The van der Waals surface area contributed by atoms with Crippen molar-refractivity contribution in [2.45, 2.75) is 37.9 Å². The van der Waals surface area contributed by atoms with Crippen molar-refractivity contribution in [3.63, 3.8) is 0 Å². The Kier molecular flexibility index (Phi) is 4.55. The van der Waals surface area contributed by atoms with Gasteiger partial charge in [0.1, 0.15) is 11.5 Å². The summed E-state index contributed by atoms with van der Waals surface area (Å²) in [5.74, 6) is 0.0387. The highest BCUT2D eigenvalue weighted by molar-refractivity contribution is 5.80. The van der Waals surface area contributed by atoms with Gasteiger partial charge in [0.05, 0.1) is 5.92 Å². The van der Waals surface area contributed by atoms with Gasteiger partial charge in [-0.2, -0.15) is 0 Å². The SMILES string of the molecule is O=C(NCc1ccc(O)cc1O)[C@@H]1C[C@H](c2ccccc2)N2CCC[C@@H]12. The molecule has 3 N–H and O–H groups in total. The van der Waals surface area contributed by atoms with E-state index in [0.29, 0.717) is 17.6 Å². The van der Waals surface area contributed by atoms with Crippen molar-refractivity contribution in [2.75, 3.05) is 6.54 Å². The van der Waals surface area contributed by atoms with Crippen molar-refractivity contribution in [2.24, 2.45) is 5.92 Å². The van der Waals surface area contributed by atoms with Gasteiger partial charge >= 0.3 is 0 Å². The van der Waals surface area contributed by atoms with Gasteiger partial charge in [-0.25, -0.2) is 0 Å². The van der Waals surface area contributed by atoms with Gasteiger partial charge in [-0.15, -0.1) is 0 Å². The maximum atomic E-state index is 12.8. The molecule has 0 aliphatic carbocycles. The zero-order valence-corrected chi connectivity index (χ0v) is 14.6. The number of nitrogens with one attached hydrogen (secondary N) is 1. The van der Waals surface area contributed by atoms with Crippen LogP contribution < -0.4 is 5.32 Å². The number of carbonyl (C=O) groups is 1. The van der Waals surface area contributed by atoms with Gasteiger partial charge in [0.25, 0.3) is 0 Å². The van der Waals surface area contributed by atoms with Gasteiger partial charge in [0, 0.05) is 30.3 Å². The molecule has 2 aliphatic rings. The highest BCUT2D eigenvalue weighted by atomic mass is 16.3. The van der Waals surface area contributed by atoms with Crippen molar-refractivity contribution >= 4 is 5.91 Å². The molecule has 26 heavy (non-hydrogen) atoms. The molecule has 0 bridgehead atoms. The molecule has 2 aliphatic heterocycles. The Morgan fingerprint density at radius 3 is 2.73 bits per heavy atom. The van der Waals surface area contributed by atoms with Crippen LogP contribution in [-0.4, -0.2) is 33.6 Å². The lowest BCUT2D eigenvalue weighted by atomic mass is 9.93. The largest absolute Gasteiger partial charge is 0.508 e. The van der Waals surface area contributed by atoms with Crippen LogP contribution in [0, 0.1) is 5.92 Å². The second-order valence-electron chi connectivity index (χ2n) is 7.25. The van der Waals surface area contributed by atoms with Crippen molar-refractivity contribution in [3.05, 3.63) is 59.7 Å². The summed E-state index contributed by atoms with van der Waals surface area (Å²) in [5.41, 5.74) is 1.89. The number of phenolic OH excluding ortho intramolecular Hbond substituents is 2. The predicted octanol–water partition coefficient (Wildman–Crippen LogP) is 2.94. The summed E-state index contributed by atoms with van der Waals surface area (Å²) in [7, 11) is 0. The van der Waals surface area contributed by atoms with Crippen LogP contribution in [0.4, 0.5) is 0 Å². The number of carbonyl (C=O) groups excluding carboxylic acids is 1. The Hall–Kier alpha value is -2.53. The van der Waals surface area contributed by atoms with Crippen molar-refractivity contribution in [1.82, 2.24) is 10.2 Å². The van der Waals surface area contributed by atoms with Crippen molar-refractivity contribution < 1.29 is 15.0 Å². The maximum Gasteiger partial charge on any atom is 0.225 e. The first-order valence-electron chi connectivity index (χ1n) is 9.23. The molecule has 136 valence electrons. The number of nitrogens with zero attached hydrogens (tertiary/aromatic N) is 1. The topological polar surface area (TPSA) is 72.8 Å². The lowest BCUT2D eigenvalue weighted by Crippen LogP contribution is -2.37. The van der Waals surface area contributed by atoms with Gasteiger partial charge in [-0.1, -0.05) is 30.3 Å². The monoisotopic (exact) mass is 352 g/mol. The third-order valence-electron chi connectivity index (χ3n) is 5.73. The Morgan fingerprint density at radius 2 is 1.96 bits per heavy atom. The summed E-state index contributed by atoms with van der Waals surface area (Å²) in [6.45, 7) is 1.32. The molecule has 4 rings (SSSR count). The number of rotatable bonds is 4. The molecular formula is C21H24N2O3. The molecule has 2 heterocycles. The Balaban J connectivity index is 1.46. The molecule has 2 aromatic rings. The lowest BCUT2D eigenvalue weighted by molar-refractivity contribution is -0.125. The number of fused-ring (bicyclic) bond motifs is 1. The summed E-state index contributed by atoms with van der Waals surface area (Å²) in [5, 5.41) is 22.2. The molecule has 3 atom stereocenters. The van der Waals surface area contributed by atoms with Gasteiger partial charge in [0.15, 0.2) is 0 Å². The van der Waals surface area contributed by atoms with Crippen LogP contribution in [0.1, 0.15) is 36.4 Å². The Bertz CT molecular complexity index is 793. The van der Waals surface area contributed by atoms with Crippen LogP contribution in [0.25, 0.3) is 0 Å². The second kappa shape index (κ2) is 7.00. The average molecular weight is 352 g/mol. The van der Waals surface area contributed by atoms with Gasteiger partial charge in [0.2, 0.25) is 5.91 Å². The molecule has 0 saturated carbocycles. The van der Waals surface area contributed by atoms with Crippen LogP contribution in [0.15, 0.2) is 48.5 Å². The molecule has 2 fully saturated rings. The summed E-state index contributed by atoms with van der Waals surface area (Å²) in [6.07, 6.45) is 3.03. The number of aromatic hydroxyl groups is 2. The summed E-state index contributed by atoms with van der Waals surface area (Å²) < 4.78 is 0. The van der Waals surface area contributed by atoms with E-state index in [0.717, 1.165) is 25.8 Å². The molecule has 2 saturated heterocycles. The molecule has 2 aromatic carbocycles. The molecular weight excluding hydrogens is 328 g/mol. The minimum Gasteiger partial charge on any atom is -0.508 e. The average Bonchev–Trinajstić information content (AvgIpc) is 3.24. The fraction of sp³-hybridized carbons (Fsp3) is 0.381. The predicted molar refractivity (Wildman–Crippen MR) is 98.6 cm³/mol. The van der Waals surface area contributed by atoms with E-state index in [-0.39, 0.29) is 29.9 Å². The van der Waals surface area contributed by atoms with Crippen LogP contribution in [0.2, 0.25) is 0 Å². The standard InChI is InChI=1S/C21H24N2O3/c24-16-9-8-15(20(25)11-16)13-22-21(26)17-12-19(14-5-2-1-3-6-14)23-10-4-7-18(17)23/h1-3,5-6,8-9,11,17-19,24-25H,4,7,10,12-13H2,(H,22,26)/t17-,18+,19-/m1/s1. The Morgan fingerprint density at radius 1 is 1.15 bits per heavy atom. The Labute approximate surface area is 153 Å². The van der Waals surface area contributed by atoms with E-state index < -0.39 is 0 Å². The molecule has 5 nitrogen and oxygen atoms in total. The normalized spacial score (nSPS) is 25.2. The molecule has 5 heteroatoms. The van der Waals surface area contributed by atoms with E-state index in [1.165, 1.54) is 17.7 Å². The van der Waals surface area contributed by atoms with Crippen LogP contribution >= 0.6 is 0 Å². The first-order valence-corrected chi connectivity index (χ1v) is 9.23. The summed E-state index contributed by atoms with van der Waals surface area (Å²) in [6, 6.07) is 15.5. The lowest BCUT2D eigenvalue weighted by Gasteiger charge is -2.24. The van der Waals surface area contributed by atoms with Crippen molar-refractivity contribution in [1.29, 1.82) is 0 Å². The summed E-state index contributed by atoms with van der Waals surface area (Å²) >= 11 is 0. The number of hydrogen-bond acceptors (Lipinski definition) is 4. The highest BCUT2D eigenvalue weighted by Crippen LogP contribution is 2.44. The van der Waals surface area contributed by atoms with E-state index in [4.69, 9.17) is 0 Å². The smallest absolute Gasteiger partial charge is 0.225 e. The molecule has 0 unspecified atom stereocenters. The minimum absolute atomic E-state index is 0.00127. The van der Waals surface area contributed by atoms with E-state index in [1.807, 2.05) is 6.07 Å². The third-order valence-corrected chi connectivity index (χ3v) is 5.73. The van der Waals surface area contributed by atoms with Crippen molar-refractivity contribution in [3.8, 4) is 11.5 Å². The minimum atomic E-state index is -0.0260. The van der Waals surface area contributed by atoms with E-state index >= 15 is 0 Å². The molecule has 0 aromatic heterocycles. The zero-order valence-electron chi connectivity index (χ0n) is 14.6. The van der Waals surface area contributed by atoms with Gasteiger partial charge in [-0.3, -0.25) is 9.69 Å². The number of hydrogen-bond donors (Lipinski definition) is 3. The van der Waals surface area contributed by atoms with E-state index in [2.05, 4.69) is 34.5 Å². The van der Waals surface area contributed by atoms with E-state index in [1.54, 1.807) is 6.07 Å².